The van der Waals surface area contributed by atoms with Crippen molar-refractivity contribution in [2.45, 2.75) is 6.61 Å². The van der Waals surface area contributed by atoms with Crippen LogP contribution in [0.4, 0.5) is 10.1 Å². The normalized spacial score (nSPS) is 10.8. The van der Waals surface area contributed by atoms with Gasteiger partial charge in [-0.25, -0.2) is 9.37 Å². The van der Waals surface area contributed by atoms with Crippen LogP contribution >= 0.6 is 0 Å². The minimum atomic E-state index is -0.282. The first-order valence-electron chi connectivity index (χ1n) is 5.82. The highest BCUT2D eigenvalue weighted by molar-refractivity contribution is 5.48. The van der Waals surface area contributed by atoms with Crippen molar-refractivity contribution in [3.63, 3.8) is 0 Å². The second-order valence-corrected chi connectivity index (χ2v) is 4.20. The third-order valence-electron chi connectivity index (χ3n) is 2.72. The van der Waals surface area contributed by atoms with E-state index in [0.29, 0.717) is 18.0 Å². The number of anilines is 1. The Morgan fingerprint density at radius 3 is 2.68 bits per heavy atom. The van der Waals surface area contributed by atoms with Crippen LogP contribution in [0.15, 0.2) is 48.8 Å². The Labute approximate surface area is 109 Å². The summed E-state index contributed by atoms with van der Waals surface area (Å²) in [6.07, 6.45) is 3.65. The molecule has 0 amide bonds. The van der Waals surface area contributed by atoms with Crippen molar-refractivity contribution in [1.82, 2.24) is 9.38 Å². The second kappa shape index (κ2) is 4.61. The molecule has 0 radical (unpaired) electrons. The smallest absolute Gasteiger partial charge is 0.137 e. The SMILES string of the molecule is Nc1ccc2nc(COc3ccc(F)cc3)cn2c1. The maximum absolute atomic E-state index is 12.7. The number of aromatic nitrogens is 2. The zero-order chi connectivity index (χ0) is 13.2. The molecule has 0 saturated heterocycles. The predicted octanol–water partition coefficient (Wildman–Crippen LogP) is 2.63. The Balaban J connectivity index is 1.76. The number of ether oxygens (including phenoxy) is 1. The summed E-state index contributed by atoms with van der Waals surface area (Å²) in [5.41, 5.74) is 7.97. The van der Waals surface area contributed by atoms with Gasteiger partial charge in [-0.1, -0.05) is 0 Å². The number of imidazole rings is 1. The van der Waals surface area contributed by atoms with Crippen molar-refractivity contribution in [2.75, 3.05) is 5.73 Å². The average Bonchev–Trinajstić information content (AvgIpc) is 2.80. The van der Waals surface area contributed by atoms with Gasteiger partial charge in [-0.05, 0) is 36.4 Å². The van der Waals surface area contributed by atoms with Gasteiger partial charge in [0.15, 0.2) is 0 Å². The molecule has 0 aliphatic heterocycles. The predicted molar refractivity (Wildman–Crippen MR) is 70.3 cm³/mol. The van der Waals surface area contributed by atoms with E-state index in [9.17, 15) is 4.39 Å². The van der Waals surface area contributed by atoms with Crippen LogP contribution in [0.5, 0.6) is 5.75 Å². The topological polar surface area (TPSA) is 52.5 Å². The number of fused-ring (bicyclic) bond motifs is 1. The third kappa shape index (κ3) is 2.49. The average molecular weight is 257 g/mol. The quantitative estimate of drug-likeness (QED) is 0.784. The first kappa shape index (κ1) is 11.5. The molecule has 0 saturated carbocycles. The Bertz CT molecular complexity index is 706. The lowest BCUT2D eigenvalue weighted by Crippen LogP contribution is -1.95. The summed E-state index contributed by atoms with van der Waals surface area (Å²) in [6, 6.07) is 9.54. The van der Waals surface area contributed by atoms with Crippen LogP contribution in [0.25, 0.3) is 5.65 Å². The van der Waals surface area contributed by atoms with Gasteiger partial charge in [0.2, 0.25) is 0 Å². The molecule has 96 valence electrons. The zero-order valence-electron chi connectivity index (χ0n) is 10.1. The Kier molecular flexibility index (Phi) is 2.79. The van der Waals surface area contributed by atoms with Crippen LogP contribution in [0.3, 0.4) is 0 Å². The van der Waals surface area contributed by atoms with Crippen molar-refractivity contribution in [3.8, 4) is 5.75 Å². The van der Waals surface area contributed by atoms with Gasteiger partial charge in [0.1, 0.15) is 23.8 Å². The molecule has 0 aliphatic carbocycles. The Morgan fingerprint density at radius 1 is 1.11 bits per heavy atom. The molecule has 2 heterocycles. The standard InChI is InChI=1S/C14H12FN3O/c15-10-1-4-13(5-2-10)19-9-12-8-18-7-11(16)3-6-14(18)17-12/h1-8H,9,16H2. The molecule has 4 nitrogen and oxygen atoms in total. The lowest BCUT2D eigenvalue weighted by molar-refractivity contribution is 0.301. The molecular weight excluding hydrogens is 245 g/mol. The molecular formula is C14H12FN3O. The van der Waals surface area contributed by atoms with E-state index in [1.807, 2.05) is 16.7 Å². The lowest BCUT2D eigenvalue weighted by atomic mass is 10.3. The van der Waals surface area contributed by atoms with E-state index in [-0.39, 0.29) is 5.82 Å². The van der Waals surface area contributed by atoms with Gasteiger partial charge < -0.3 is 14.9 Å². The van der Waals surface area contributed by atoms with E-state index >= 15 is 0 Å². The highest BCUT2D eigenvalue weighted by Gasteiger charge is 2.03. The highest BCUT2D eigenvalue weighted by Crippen LogP contribution is 2.14. The summed E-state index contributed by atoms with van der Waals surface area (Å²) in [5.74, 6) is 0.327. The van der Waals surface area contributed by atoms with Gasteiger partial charge in [-0.15, -0.1) is 0 Å². The number of hydrogen-bond acceptors (Lipinski definition) is 3. The van der Waals surface area contributed by atoms with Crippen LogP contribution < -0.4 is 10.5 Å². The number of nitrogen functional groups attached to an aromatic ring is 1. The van der Waals surface area contributed by atoms with Crippen molar-refractivity contribution in [1.29, 1.82) is 0 Å². The summed E-state index contributed by atoms with van der Waals surface area (Å²) in [5, 5.41) is 0. The van der Waals surface area contributed by atoms with Gasteiger partial charge in [-0.2, -0.15) is 0 Å². The van der Waals surface area contributed by atoms with E-state index in [0.717, 1.165) is 11.3 Å². The van der Waals surface area contributed by atoms with Crippen LogP contribution in [0.1, 0.15) is 5.69 Å². The van der Waals surface area contributed by atoms with E-state index in [1.54, 1.807) is 24.4 Å². The molecule has 3 rings (SSSR count). The zero-order valence-corrected chi connectivity index (χ0v) is 10.1. The van der Waals surface area contributed by atoms with E-state index in [1.165, 1.54) is 12.1 Å². The highest BCUT2D eigenvalue weighted by atomic mass is 19.1. The molecule has 2 N–H and O–H groups in total. The number of nitrogens with two attached hydrogens (primary N) is 1. The Hall–Kier alpha value is -2.56. The van der Waals surface area contributed by atoms with Crippen LogP contribution in [0, 0.1) is 5.82 Å². The fraction of sp³-hybridized carbons (Fsp3) is 0.0714. The molecule has 0 atom stereocenters. The number of halogens is 1. The maximum Gasteiger partial charge on any atom is 0.137 e. The van der Waals surface area contributed by atoms with E-state index in [4.69, 9.17) is 10.5 Å². The number of pyridine rings is 1. The Morgan fingerprint density at radius 2 is 1.89 bits per heavy atom. The maximum atomic E-state index is 12.7. The third-order valence-corrected chi connectivity index (χ3v) is 2.72. The fourth-order valence-electron chi connectivity index (χ4n) is 1.82. The molecule has 0 spiro atoms. The number of hydrogen-bond donors (Lipinski definition) is 1. The minimum Gasteiger partial charge on any atom is -0.487 e. The van der Waals surface area contributed by atoms with Gasteiger partial charge >= 0.3 is 0 Å². The van der Waals surface area contributed by atoms with Gasteiger partial charge in [0, 0.05) is 18.1 Å². The molecule has 0 bridgehead atoms. The van der Waals surface area contributed by atoms with Gasteiger partial charge in [-0.3, -0.25) is 0 Å². The van der Waals surface area contributed by atoms with Gasteiger partial charge in [0.05, 0.1) is 5.69 Å². The van der Waals surface area contributed by atoms with E-state index in [2.05, 4.69) is 4.98 Å². The number of rotatable bonds is 3. The summed E-state index contributed by atoms with van der Waals surface area (Å²) in [4.78, 5) is 4.39. The summed E-state index contributed by atoms with van der Waals surface area (Å²) in [7, 11) is 0. The molecule has 5 heteroatoms. The van der Waals surface area contributed by atoms with Crippen molar-refractivity contribution >= 4 is 11.3 Å². The van der Waals surface area contributed by atoms with Crippen LogP contribution in [-0.2, 0) is 6.61 Å². The molecule has 1 aromatic carbocycles. The molecule has 0 aliphatic rings. The molecule has 19 heavy (non-hydrogen) atoms. The first-order valence-corrected chi connectivity index (χ1v) is 5.82. The lowest BCUT2D eigenvalue weighted by Gasteiger charge is -2.02. The monoisotopic (exact) mass is 257 g/mol. The summed E-state index contributed by atoms with van der Waals surface area (Å²) >= 11 is 0. The van der Waals surface area contributed by atoms with Crippen molar-refractivity contribution < 1.29 is 9.13 Å². The molecule has 0 unspecified atom stereocenters. The van der Waals surface area contributed by atoms with Crippen molar-refractivity contribution in [2.24, 2.45) is 0 Å². The second-order valence-electron chi connectivity index (χ2n) is 4.20. The molecule has 2 aromatic heterocycles. The largest absolute Gasteiger partial charge is 0.487 e. The molecule has 3 aromatic rings. The summed E-state index contributed by atoms with van der Waals surface area (Å²) in [6.45, 7) is 0.327. The van der Waals surface area contributed by atoms with Gasteiger partial charge in [0.25, 0.3) is 0 Å². The number of nitrogens with zero attached hydrogens (tertiary/aromatic N) is 2. The first-order chi connectivity index (χ1) is 9.20. The number of benzene rings is 1. The van der Waals surface area contributed by atoms with E-state index < -0.39 is 0 Å². The summed E-state index contributed by atoms with van der Waals surface area (Å²) < 4.78 is 20.1. The van der Waals surface area contributed by atoms with Crippen molar-refractivity contribution in [3.05, 3.63) is 60.3 Å². The minimum absolute atomic E-state index is 0.282. The molecule has 0 fully saturated rings. The van der Waals surface area contributed by atoms with Crippen LogP contribution in [-0.4, -0.2) is 9.38 Å². The van der Waals surface area contributed by atoms with Crippen LogP contribution in [0.2, 0.25) is 0 Å². The fourth-order valence-corrected chi connectivity index (χ4v) is 1.82.